The third-order valence-corrected chi connectivity index (χ3v) is 4.97. The number of piperazine rings is 1. The number of ether oxygens (including phenoxy) is 2. The molecule has 0 aliphatic carbocycles. The van der Waals surface area contributed by atoms with E-state index in [1.54, 1.807) is 31.4 Å². The molecule has 8 nitrogen and oxygen atoms in total. The summed E-state index contributed by atoms with van der Waals surface area (Å²) in [6.07, 6.45) is -0.588. The lowest BCUT2D eigenvalue weighted by Crippen LogP contribution is -2.49. The Morgan fingerprint density at radius 2 is 1.69 bits per heavy atom. The van der Waals surface area contributed by atoms with Crippen LogP contribution in [0, 0.1) is 0 Å². The van der Waals surface area contributed by atoms with E-state index >= 15 is 0 Å². The number of benzene rings is 2. The summed E-state index contributed by atoms with van der Waals surface area (Å²) in [5, 5.41) is 10.3. The van der Waals surface area contributed by atoms with Gasteiger partial charge >= 0.3 is 0 Å². The van der Waals surface area contributed by atoms with Gasteiger partial charge in [0.1, 0.15) is 24.2 Å². The van der Waals surface area contributed by atoms with Gasteiger partial charge in [-0.2, -0.15) is 0 Å². The average molecular weight is 400 g/mol. The molecule has 2 aromatic carbocycles. The van der Waals surface area contributed by atoms with Crippen LogP contribution in [-0.2, 0) is 0 Å². The highest BCUT2D eigenvalue weighted by Gasteiger charge is 2.20. The quantitative estimate of drug-likeness (QED) is 0.343. The van der Waals surface area contributed by atoms with E-state index in [2.05, 4.69) is 27.4 Å². The lowest BCUT2D eigenvalue weighted by Gasteiger charge is -2.36. The summed E-state index contributed by atoms with van der Waals surface area (Å²) in [4.78, 5) is 16.0. The van der Waals surface area contributed by atoms with Crippen LogP contribution in [0.3, 0.4) is 0 Å². The Bertz CT molecular complexity index is 774. The number of nitrogens with two attached hydrogens (primary N) is 1. The van der Waals surface area contributed by atoms with Crippen LogP contribution in [0.15, 0.2) is 48.5 Å². The summed E-state index contributed by atoms with van der Waals surface area (Å²) in [6.45, 7) is 4.33. The maximum Gasteiger partial charge on any atom is 0.265 e. The number of methoxy groups -OCH3 is 1. The van der Waals surface area contributed by atoms with Crippen LogP contribution in [0.5, 0.6) is 11.5 Å². The molecule has 1 fully saturated rings. The number of anilines is 1. The molecule has 1 atom stereocenters. The minimum absolute atomic E-state index is 0.196. The van der Waals surface area contributed by atoms with Gasteiger partial charge < -0.3 is 19.5 Å². The monoisotopic (exact) mass is 400 g/mol. The number of nitrogens with zero attached hydrogens (tertiary/aromatic N) is 2. The number of aliphatic hydroxyl groups excluding tert-OH is 1. The first-order valence-corrected chi connectivity index (χ1v) is 9.62. The van der Waals surface area contributed by atoms with Crippen molar-refractivity contribution in [2.24, 2.45) is 5.84 Å². The van der Waals surface area contributed by atoms with Crippen LogP contribution in [0.1, 0.15) is 10.4 Å². The number of rotatable bonds is 8. The Morgan fingerprint density at radius 1 is 1.07 bits per heavy atom. The number of hydrazine groups is 1. The summed E-state index contributed by atoms with van der Waals surface area (Å²) in [7, 11) is 1.66. The van der Waals surface area contributed by atoms with Crippen molar-refractivity contribution in [1.29, 1.82) is 0 Å². The molecule has 2 aromatic rings. The van der Waals surface area contributed by atoms with E-state index in [0.717, 1.165) is 31.9 Å². The van der Waals surface area contributed by atoms with E-state index in [-0.39, 0.29) is 12.5 Å². The highest BCUT2D eigenvalue weighted by Crippen LogP contribution is 2.20. The van der Waals surface area contributed by atoms with Crippen LogP contribution in [0.4, 0.5) is 5.69 Å². The topological polar surface area (TPSA) is 100 Å². The van der Waals surface area contributed by atoms with E-state index in [4.69, 9.17) is 15.3 Å². The highest BCUT2D eigenvalue weighted by atomic mass is 16.5. The maximum atomic E-state index is 11.4. The van der Waals surface area contributed by atoms with Crippen LogP contribution in [0.2, 0.25) is 0 Å². The van der Waals surface area contributed by atoms with Gasteiger partial charge in [-0.05, 0) is 48.5 Å². The molecule has 1 aliphatic rings. The second-order valence-electron chi connectivity index (χ2n) is 6.95. The van der Waals surface area contributed by atoms with Crippen molar-refractivity contribution in [2.75, 3.05) is 51.3 Å². The SMILES string of the molecule is COc1ccc(N2CCN(C[C@@H](O)COc3ccc(C(=O)NN)cc3)CC2)cc1. The molecule has 8 heteroatoms. The van der Waals surface area contributed by atoms with Crippen molar-refractivity contribution in [3.63, 3.8) is 0 Å². The Morgan fingerprint density at radius 3 is 2.28 bits per heavy atom. The minimum Gasteiger partial charge on any atom is -0.497 e. The molecule has 1 amide bonds. The number of carbonyl (C=O) groups excluding carboxylic acids is 1. The molecule has 3 rings (SSSR count). The molecule has 156 valence electrons. The Hall–Kier alpha value is -2.81. The molecule has 1 aliphatic heterocycles. The number of amides is 1. The second-order valence-corrected chi connectivity index (χ2v) is 6.95. The highest BCUT2D eigenvalue weighted by molar-refractivity contribution is 5.93. The molecule has 0 spiro atoms. The molecule has 1 saturated heterocycles. The first-order valence-electron chi connectivity index (χ1n) is 9.62. The van der Waals surface area contributed by atoms with Crippen LogP contribution < -0.4 is 25.6 Å². The lowest BCUT2D eigenvalue weighted by molar-refractivity contribution is 0.0663. The van der Waals surface area contributed by atoms with Gasteiger partial charge in [0, 0.05) is 44.0 Å². The molecule has 4 N–H and O–H groups in total. The summed E-state index contributed by atoms with van der Waals surface area (Å²) in [5.41, 5.74) is 3.72. The molecule has 29 heavy (non-hydrogen) atoms. The molecule has 0 unspecified atom stereocenters. The molecule has 0 bridgehead atoms. The van der Waals surface area contributed by atoms with Gasteiger partial charge in [-0.15, -0.1) is 0 Å². The fourth-order valence-electron chi connectivity index (χ4n) is 3.31. The fraction of sp³-hybridized carbons (Fsp3) is 0.381. The van der Waals surface area contributed by atoms with E-state index in [1.165, 1.54) is 5.69 Å². The van der Waals surface area contributed by atoms with Gasteiger partial charge in [0.15, 0.2) is 0 Å². The molecule has 1 heterocycles. The molecule has 0 aromatic heterocycles. The third kappa shape index (κ3) is 5.83. The Kier molecular flexibility index (Phi) is 7.29. The predicted molar refractivity (Wildman–Crippen MR) is 111 cm³/mol. The normalized spacial score (nSPS) is 15.6. The molecular weight excluding hydrogens is 372 g/mol. The largest absolute Gasteiger partial charge is 0.497 e. The first kappa shape index (κ1) is 20.9. The number of nitrogen functional groups attached to an aromatic ring is 1. The van der Waals surface area contributed by atoms with E-state index in [1.807, 2.05) is 12.1 Å². The van der Waals surface area contributed by atoms with Gasteiger partial charge in [-0.3, -0.25) is 15.1 Å². The number of hydrogen-bond acceptors (Lipinski definition) is 7. The molecule has 0 saturated carbocycles. The zero-order valence-corrected chi connectivity index (χ0v) is 16.6. The number of nitrogens with one attached hydrogen (secondary N) is 1. The van der Waals surface area contributed by atoms with Crippen LogP contribution >= 0.6 is 0 Å². The first-order chi connectivity index (χ1) is 14.1. The zero-order chi connectivity index (χ0) is 20.6. The Balaban J connectivity index is 1.40. The number of hydrogen-bond donors (Lipinski definition) is 3. The predicted octanol–water partition coefficient (Wildman–Crippen LogP) is 0.861. The van der Waals surface area contributed by atoms with E-state index in [9.17, 15) is 9.90 Å². The maximum absolute atomic E-state index is 11.4. The summed E-state index contributed by atoms with van der Waals surface area (Å²) in [5.74, 6) is 6.20. The van der Waals surface area contributed by atoms with Gasteiger partial charge in [0.05, 0.1) is 7.11 Å². The van der Waals surface area contributed by atoms with Crippen LogP contribution in [-0.4, -0.2) is 68.5 Å². The van der Waals surface area contributed by atoms with Crippen molar-refractivity contribution >= 4 is 11.6 Å². The van der Waals surface area contributed by atoms with Crippen LogP contribution in [0.25, 0.3) is 0 Å². The molecular formula is C21H28N4O4. The van der Waals surface area contributed by atoms with Gasteiger partial charge in [-0.1, -0.05) is 0 Å². The van der Waals surface area contributed by atoms with Crippen molar-refractivity contribution in [3.05, 3.63) is 54.1 Å². The van der Waals surface area contributed by atoms with Gasteiger partial charge in [0.2, 0.25) is 0 Å². The second kappa shape index (κ2) is 10.1. The summed E-state index contributed by atoms with van der Waals surface area (Å²) < 4.78 is 10.8. The zero-order valence-electron chi connectivity index (χ0n) is 16.6. The van der Waals surface area contributed by atoms with Crippen molar-refractivity contribution in [3.8, 4) is 11.5 Å². The number of carbonyl (C=O) groups is 1. The fourth-order valence-corrected chi connectivity index (χ4v) is 3.31. The van der Waals surface area contributed by atoms with Gasteiger partial charge in [0.25, 0.3) is 5.91 Å². The summed E-state index contributed by atoms with van der Waals surface area (Å²) in [6, 6.07) is 14.7. The van der Waals surface area contributed by atoms with Crippen molar-refractivity contribution < 1.29 is 19.4 Å². The van der Waals surface area contributed by atoms with Crippen molar-refractivity contribution in [1.82, 2.24) is 10.3 Å². The standard InChI is InChI=1S/C21H28N4O4/c1-28-19-8-4-17(5-9-19)25-12-10-24(11-13-25)14-18(26)15-29-20-6-2-16(3-7-20)21(27)23-22/h2-9,18,26H,10-15,22H2,1H3,(H,23,27)/t18-/m1/s1. The van der Waals surface area contributed by atoms with Gasteiger partial charge in [-0.25, -0.2) is 5.84 Å². The summed E-state index contributed by atoms with van der Waals surface area (Å²) >= 11 is 0. The lowest BCUT2D eigenvalue weighted by atomic mass is 10.2. The van der Waals surface area contributed by atoms with Crippen molar-refractivity contribution in [2.45, 2.75) is 6.10 Å². The average Bonchev–Trinajstić information content (AvgIpc) is 2.78. The smallest absolute Gasteiger partial charge is 0.265 e. The minimum atomic E-state index is -0.588. The Labute approximate surface area is 170 Å². The number of aliphatic hydroxyl groups is 1. The number of β-amino-alcohol motifs (C(OH)–C–C–N with tert-alkyl or cyclic N) is 1. The third-order valence-electron chi connectivity index (χ3n) is 4.97. The van der Waals surface area contributed by atoms with E-state index < -0.39 is 6.10 Å². The molecule has 0 radical (unpaired) electrons. The van der Waals surface area contributed by atoms with E-state index in [0.29, 0.717) is 17.9 Å².